The number of carbonyl (C=O) groups excluding carboxylic acids is 3. The van der Waals surface area contributed by atoms with Crippen molar-refractivity contribution in [3.63, 3.8) is 0 Å². The van der Waals surface area contributed by atoms with E-state index in [1.165, 1.54) is 18.2 Å². The monoisotopic (exact) mass is 599 g/mol. The van der Waals surface area contributed by atoms with E-state index >= 15 is 0 Å². The number of halogens is 3. The lowest BCUT2D eigenvalue weighted by Crippen LogP contribution is -2.57. The molecule has 1 fully saturated rings. The molecule has 0 aromatic heterocycles. The lowest BCUT2D eigenvalue weighted by Gasteiger charge is -2.54. The molecule has 0 radical (unpaired) electrons. The Bertz CT molecular complexity index is 1640. The second-order valence-electron chi connectivity index (χ2n) is 10.9. The molecule has 0 spiro atoms. The molecule has 4 aliphatic rings. The van der Waals surface area contributed by atoms with Gasteiger partial charge in [-0.1, -0.05) is 97.1 Å². The van der Waals surface area contributed by atoms with Gasteiger partial charge in [-0.25, -0.2) is 9.18 Å². The Morgan fingerprint density at radius 1 is 0.738 bits per heavy atom. The summed E-state index contributed by atoms with van der Waals surface area (Å²) in [4.78, 5) is 40.9. The highest BCUT2D eigenvalue weighted by molar-refractivity contribution is 6.36. The number of hydrogen-bond acceptors (Lipinski definition) is 4. The first kappa shape index (κ1) is 26.9. The number of carbonyl (C=O) groups is 3. The normalized spacial score (nSPS) is 25.9. The predicted molar refractivity (Wildman–Crippen MR) is 155 cm³/mol. The average molecular weight is 600 g/mol. The number of alkyl halides is 2. The van der Waals surface area contributed by atoms with Crippen LogP contribution in [0.3, 0.4) is 0 Å². The molecule has 8 rings (SSSR count). The highest BCUT2D eigenvalue weighted by Gasteiger charge is 2.73. The number of rotatable bonds is 6. The number of likely N-dealkylation sites (tertiary alicyclic amines) is 1. The molecule has 4 aromatic carbocycles. The van der Waals surface area contributed by atoms with Crippen LogP contribution < -0.4 is 0 Å². The molecule has 42 heavy (non-hydrogen) atoms. The molecule has 1 heterocycles. The van der Waals surface area contributed by atoms with Crippen molar-refractivity contribution in [1.82, 2.24) is 4.90 Å². The summed E-state index contributed by atoms with van der Waals surface area (Å²) in [6, 6.07) is 28.4. The zero-order chi connectivity index (χ0) is 29.2. The standard InChI is InChI=1S/C34H24Cl2FNO4/c35-33-22-13-5-6-14-23(22)34(36,25-16-8-7-15-24(25)33)29-28(33)30(39)38(31(29)40)27(18-20-10-2-1-3-11-20)32(41)42-19-21-12-4-9-17-26(21)37/h1-17,27-29H,18-19H2/t27-,28+,29+,33?,34?/m0/s1. The van der Waals surface area contributed by atoms with E-state index in [2.05, 4.69) is 0 Å². The third-order valence-corrected chi connectivity index (χ3v) is 10.1. The fourth-order valence-corrected chi connectivity index (χ4v) is 8.07. The smallest absolute Gasteiger partial charge is 0.330 e. The molecule has 0 N–H and O–H groups in total. The van der Waals surface area contributed by atoms with Crippen molar-refractivity contribution >= 4 is 41.0 Å². The van der Waals surface area contributed by atoms with Crippen LogP contribution in [0.4, 0.5) is 4.39 Å². The van der Waals surface area contributed by atoms with Crippen molar-refractivity contribution in [2.75, 3.05) is 0 Å². The Hall–Kier alpha value is -4.00. The summed E-state index contributed by atoms with van der Waals surface area (Å²) in [6.07, 6.45) is 0.0122. The van der Waals surface area contributed by atoms with Crippen molar-refractivity contribution in [3.05, 3.63) is 142 Å². The molecular weight excluding hydrogens is 576 g/mol. The number of benzene rings is 4. The van der Waals surface area contributed by atoms with E-state index in [1.54, 1.807) is 30.3 Å². The maximum absolute atomic E-state index is 14.5. The van der Waals surface area contributed by atoms with Crippen molar-refractivity contribution in [2.24, 2.45) is 11.8 Å². The van der Waals surface area contributed by atoms with Crippen LogP contribution in [-0.4, -0.2) is 28.7 Å². The van der Waals surface area contributed by atoms with Gasteiger partial charge in [0.15, 0.2) is 0 Å². The molecule has 210 valence electrons. The molecule has 2 bridgehead atoms. The largest absolute Gasteiger partial charge is 0.459 e. The van der Waals surface area contributed by atoms with Crippen molar-refractivity contribution in [1.29, 1.82) is 0 Å². The van der Waals surface area contributed by atoms with Gasteiger partial charge in [0.25, 0.3) is 0 Å². The molecule has 1 aliphatic heterocycles. The van der Waals surface area contributed by atoms with E-state index in [-0.39, 0.29) is 18.6 Å². The SMILES string of the molecule is O=C(OCc1ccccc1F)[C@H](Cc1ccccc1)N1C(=O)[C@H]2[C@H](C1=O)C1(Cl)c3ccccc3C2(Cl)c2ccccc21. The van der Waals surface area contributed by atoms with Crippen LogP contribution in [0.1, 0.15) is 33.4 Å². The van der Waals surface area contributed by atoms with Crippen molar-refractivity contribution in [2.45, 2.75) is 28.8 Å². The molecule has 0 unspecified atom stereocenters. The molecule has 2 amide bonds. The molecule has 0 saturated carbocycles. The maximum Gasteiger partial charge on any atom is 0.330 e. The first-order chi connectivity index (χ1) is 20.3. The van der Waals surface area contributed by atoms with Crippen LogP contribution in [0.2, 0.25) is 0 Å². The zero-order valence-electron chi connectivity index (χ0n) is 22.2. The Morgan fingerprint density at radius 2 is 1.19 bits per heavy atom. The fourth-order valence-electron chi connectivity index (χ4n) is 6.97. The second-order valence-corrected chi connectivity index (χ2v) is 12.1. The molecule has 1 saturated heterocycles. The van der Waals surface area contributed by atoms with Crippen LogP contribution in [0.25, 0.3) is 0 Å². The van der Waals surface area contributed by atoms with E-state index in [1.807, 2.05) is 54.6 Å². The maximum atomic E-state index is 14.5. The topological polar surface area (TPSA) is 63.7 Å². The van der Waals surface area contributed by atoms with Crippen LogP contribution in [0, 0.1) is 17.7 Å². The van der Waals surface area contributed by atoms with E-state index in [0.29, 0.717) is 22.3 Å². The van der Waals surface area contributed by atoms with Gasteiger partial charge in [0.05, 0.1) is 11.8 Å². The predicted octanol–water partition coefficient (Wildman–Crippen LogP) is 6.07. The summed E-state index contributed by atoms with van der Waals surface area (Å²) in [6.45, 7) is -0.352. The van der Waals surface area contributed by atoms with E-state index in [0.717, 1.165) is 10.5 Å². The third kappa shape index (κ3) is 3.64. The first-order valence-corrected chi connectivity index (χ1v) is 14.4. The van der Waals surface area contributed by atoms with Crippen LogP contribution in [0.5, 0.6) is 0 Å². The van der Waals surface area contributed by atoms with Crippen molar-refractivity contribution in [3.8, 4) is 0 Å². The van der Waals surface area contributed by atoms with Gasteiger partial charge < -0.3 is 4.74 Å². The third-order valence-electron chi connectivity index (χ3n) is 8.80. The number of imide groups is 1. The highest BCUT2D eigenvalue weighted by atomic mass is 35.5. The number of hydrogen-bond donors (Lipinski definition) is 0. The van der Waals surface area contributed by atoms with Crippen molar-refractivity contribution < 1.29 is 23.5 Å². The number of nitrogens with zero attached hydrogens (tertiary/aromatic N) is 1. The first-order valence-electron chi connectivity index (χ1n) is 13.7. The summed E-state index contributed by atoms with van der Waals surface area (Å²) in [5.74, 6) is -4.62. The average Bonchev–Trinajstić information content (AvgIpc) is 3.29. The summed E-state index contributed by atoms with van der Waals surface area (Å²) < 4.78 is 19.9. The van der Waals surface area contributed by atoms with Gasteiger partial charge in [0.2, 0.25) is 11.8 Å². The minimum atomic E-state index is -1.37. The second kappa shape index (κ2) is 9.79. The van der Waals surface area contributed by atoms with Crippen LogP contribution in [0.15, 0.2) is 103 Å². The Kier molecular flexibility index (Phi) is 6.26. The van der Waals surface area contributed by atoms with Gasteiger partial charge in [-0.3, -0.25) is 14.5 Å². The lowest BCUT2D eigenvalue weighted by atomic mass is 9.54. The van der Waals surface area contributed by atoms with Gasteiger partial charge in [0, 0.05) is 12.0 Å². The van der Waals surface area contributed by atoms with Gasteiger partial charge in [-0.05, 0) is 33.9 Å². The minimum Gasteiger partial charge on any atom is -0.459 e. The van der Waals surface area contributed by atoms with Crippen LogP contribution >= 0.6 is 23.2 Å². The molecule has 3 atom stereocenters. The van der Waals surface area contributed by atoms with E-state index in [9.17, 15) is 18.8 Å². The van der Waals surface area contributed by atoms with Gasteiger partial charge in [-0.15, -0.1) is 23.2 Å². The van der Waals surface area contributed by atoms with Gasteiger partial charge in [0.1, 0.15) is 28.2 Å². The molecule has 8 heteroatoms. The Labute approximate surface area is 251 Å². The fraction of sp³-hybridized carbons (Fsp3) is 0.206. The van der Waals surface area contributed by atoms with E-state index < -0.39 is 51.2 Å². The number of esters is 1. The van der Waals surface area contributed by atoms with Gasteiger partial charge in [-0.2, -0.15) is 0 Å². The molecular formula is C34H24Cl2FNO4. The van der Waals surface area contributed by atoms with Gasteiger partial charge >= 0.3 is 5.97 Å². The molecule has 5 nitrogen and oxygen atoms in total. The zero-order valence-corrected chi connectivity index (χ0v) is 23.7. The minimum absolute atomic E-state index is 0.0122. The Morgan fingerprint density at radius 3 is 1.69 bits per heavy atom. The van der Waals surface area contributed by atoms with Crippen LogP contribution in [-0.2, 0) is 41.9 Å². The summed E-state index contributed by atoms with van der Waals surface area (Å²) in [5, 5.41) is 0. The lowest BCUT2D eigenvalue weighted by molar-refractivity contribution is -0.160. The summed E-state index contributed by atoms with van der Waals surface area (Å²) in [5.41, 5.74) is 3.59. The quantitative estimate of drug-likeness (QED) is 0.153. The highest BCUT2D eigenvalue weighted by Crippen LogP contribution is 2.69. The number of amides is 2. The summed E-state index contributed by atoms with van der Waals surface area (Å²) in [7, 11) is 0. The Balaban J connectivity index is 1.33. The molecule has 4 aromatic rings. The summed E-state index contributed by atoms with van der Waals surface area (Å²) >= 11 is 15.1. The molecule has 3 aliphatic carbocycles. The number of ether oxygens (including phenoxy) is 1. The van der Waals surface area contributed by atoms with E-state index in [4.69, 9.17) is 27.9 Å².